The molecule has 2 unspecified atom stereocenters. The third kappa shape index (κ3) is 1.94. The summed E-state index contributed by atoms with van der Waals surface area (Å²) in [6.45, 7) is 8.35. The van der Waals surface area contributed by atoms with Gasteiger partial charge in [0.1, 0.15) is 0 Å². The number of likely N-dealkylation sites (tertiary alicyclic amines) is 1. The number of rotatable bonds is 4. The van der Waals surface area contributed by atoms with Crippen molar-refractivity contribution in [2.24, 2.45) is 29.4 Å². The van der Waals surface area contributed by atoms with Crippen molar-refractivity contribution in [2.45, 2.75) is 51.5 Å². The predicted octanol–water partition coefficient (Wildman–Crippen LogP) is 2.48. The third-order valence-corrected chi connectivity index (χ3v) is 5.82. The normalized spacial score (nSPS) is 36.2. The number of hydrogen-bond acceptors (Lipinski definition) is 2. The van der Waals surface area contributed by atoms with Crippen molar-refractivity contribution >= 4 is 0 Å². The molecule has 2 N–H and O–H groups in total. The first kappa shape index (κ1) is 12.0. The zero-order chi connectivity index (χ0) is 12.0. The first-order valence-electron chi connectivity index (χ1n) is 7.63. The maximum atomic E-state index is 6.26. The van der Waals surface area contributed by atoms with Crippen LogP contribution < -0.4 is 5.73 Å². The molecule has 0 aromatic rings. The Balaban J connectivity index is 1.78. The second kappa shape index (κ2) is 4.24. The Morgan fingerprint density at radius 3 is 2.00 bits per heavy atom. The fourth-order valence-corrected chi connectivity index (χ4v) is 4.12. The lowest BCUT2D eigenvalue weighted by atomic mass is 9.80. The zero-order valence-corrected chi connectivity index (χ0v) is 11.5. The van der Waals surface area contributed by atoms with Crippen LogP contribution in [0.15, 0.2) is 0 Å². The van der Waals surface area contributed by atoms with Gasteiger partial charge in [-0.2, -0.15) is 0 Å². The molecular weight excluding hydrogens is 208 g/mol. The Kier molecular flexibility index (Phi) is 2.99. The van der Waals surface area contributed by atoms with E-state index in [9.17, 15) is 0 Å². The summed E-state index contributed by atoms with van der Waals surface area (Å²) in [5, 5.41) is 0. The van der Waals surface area contributed by atoms with Crippen molar-refractivity contribution in [3.63, 3.8) is 0 Å². The van der Waals surface area contributed by atoms with Gasteiger partial charge in [0.2, 0.25) is 0 Å². The van der Waals surface area contributed by atoms with Gasteiger partial charge in [-0.15, -0.1) is 0 Å². The summed E-state index contributed by atoms with van der Waals surface area (Å²) in [6, 6.07) is 0. The van der Waals surface area contributed by atoms with Crippen LogP contribution in [0.1, 0.15) is 46.0 Å². The molecule has 3 rings (SSSR count). The van der Waals surface area contributed by atoms with E-state index in [0.717, 1.165) is 30.2 Å². The fourth-order valence-electron chi connectivity index (χ4n) is 4.12. The average molecular weight is 236 g/mol. The van der Waals surface area contributed by atoms with E-state index >= 15 is 0 Å². The molecule has 1 aliphatic heterocycles. The van der Waals surface area contributed by atoms with Crippen molar-refractivity contribution in [3.05, 3.63) is 0 Å². The molecule has 2 atom stereocenters. The van der Waals surface area contributed by atoms with Gasteiger partial charge in [0.15, 0.2) is 0 Å². The second-order valence-electron chi connectivity index (χ2n) is 6.93. The summed E-state index contributed by atoms with van der Waals surface area (Å²) in [4.78, 5) is 2.81. The average Bonchev–Trinajstić information content (AvgIpc) is 3.16. The Bertz CT molecular complexity index is 269. The van der Waals surface area contributed by atoms with E-state index in [1.165, 1.54) is 45.2 Å². The van der Waals surface area contributed by atoms with Crippen molar-refractivity contribution in [2.75, 3.05) is 19.6 Å². The van der Waals surface area contributed by atoms with Crippen LogP contribution in [-0.2, 0) is 0 Å². The summed E-state index contributed by atoms with van der Waals surface area (Å²) < 4.78 is 0. The van der Waals surface area contributed by atoms with Crippen LogP contribution in [0.4, 0.5) is 0 Å². The van der Waals surface area contributed by atoms with Crippen LogP contribution in [0.25, 0.3) is 0 Å². The maximum absolute atomic E-state index is 6.26. The van der Waals surface area contributed by atoms with Crippen LogP contribution >= 0.6 is 0 Å². The highest BCUT2D eigenvalue weighted by Gasteiger charge is 2.56. The lowest BCUT2D eigenvalue weighted by Crippen LogP contribution is -2.60. The summed E-state index contributed by atoms with van der Waals surface area (Å²) in [7, 11) is 0. The lowest BCUT2D eigenvalue weighted by Gasteiger charge is -2.49. The molecule has 2 heteroatoms. The summed E-state index contributed by atoms with van der Waals surface area (Å²) >= 11 is 0. The predicted molar refractivity (Wildman–Crippen MR) is 71.8 cm³/mol. The minimum absolute atomic E-state index is 0.411. The van der Waals surface area contributed by atoms with Crippen molar-refractivity contribution in [3.8, 4) is 0 Å². The van der Waals surface area contributed by atoms with Gasteiger partial charge in [-0.3, -0.25) is 4.90 Å². The van der Waals surface area contributed by atoms with Gasteiger partial charge in [0.25, 0.3) is 0 Å². The number of nitrogens with zero attached hydrogens (tertiary/aromatic N) is 1. The highest BCUT2D eigenvalue weighted by atomic mass is 15.2. The minimum Gasteiger partial charge on any atom is -0.329 e. The Labute approximate surface area is 106 Å². The smallest absolute Gasteiger partial charge is 0.0388 e. The third-order valence-electron chi connectivity index (χ3n) is 5.82. The molecule has 0 aromatic heterocycles. The van der Waals surface area contributed by atoms with Gasteiger partial charge in [-0.25, -0.2) is 0 Å². The van der Waals surface area contributed by atoms with E-state index in [1.807, 2.05) is 0 Å². The van der Waals surface area contributed by atoms with Gasteiger partial charge in [0, 0.05) is 18.6 Å². The number of hydrogen-bond donors (Lipinski definition) is 1. The Morgan fingerprint density at radius 1 is 1.00 bits per heavy atom. The Hall–Kier alpha value is -0.0800. The molecular formula is C15H28N2. The molecule has 3 fully saturated rings. The summed E-state index contributed by atoms with van der Waals surface area (Å²) in [5.41, 5.74) is 6.67. The quantitative estimate of drug-likeness (QED) is 0.812. The van der Waals surface area contributed by atoms with E-state index < -0.39 is 0 Å². The van der Waals surface area contributed by atoms with E-state index in [2.05, 4.69) is 18.7 Å². The van der Waals surface area contributed by atoms with E-state index in [1.54, 1.807) is 0 Å². The molecule has 17 heavy (non-hydrogen) atoms. The van der Waals surface area contributed by atoms with Gasteiger partial charge in [-0.1, -0.05) is 13.8 Å². The lowest BCUT2D eigenvalue weighted by molar-refractivity contribution is 0.00138. The molecule has 3 aliphatic rings. The monoisotopic (exact) mass is 236 g/mol. The maximum Gasteiger partial charge on any atom is 0.0388 e. The summed E-state index contributed by atoms with van der Waals surface area (Å²) in [5.74, 6) is 3.62. The van der Waals surface area contributed by atoms with E-state index in [4.69, 9.17) is 5.73 Å². The molecule has 2 nitrogen and oxygen atoms in total. The van der Waals surface area contributed by atoms with Crippen LogP contribution in [0.5, 0.6) is 0 Å². The van der Waals surface area contributed by atoms with Crippen LogP contribution in [-0.4, -0.2) is 30.1 Å². The number of nitrogens with two attached hydrogens (primary N) is 1. The van der Waals surface area contributed by atoms with Crippen LogP contribution in [0.3, 0.4) is 0 Å². The van der Waals surface area contributed by atoms with Crippen molar-refractivity contribution < 1.29 is 0 Å². The van der Waals surface area contributed by atoms with E-state index in [-0.39, 0.29) is 0 Å². The molecule has 1 saturated heterocycles. The molecule has 2 aliphatic carbocycles. The molecule has 2 saturated carbocycles. The first-order chi connectivity index (χ1) is 8.18. The van der Waals surface area contributed by atoms with Crippen LogP contribution in [0.2, 0.25) is 0 Å². The molecule has 0 amide bonds. The topological polar surface area (TPSA) is 29.3 Å². The van der Waals surface area contributed by atoms with Gasteiger partial charge in [0.05, 0.1) is 0 Å². The minimum atomic E-state index is 0.411. The first-order valence-corrected chi connectivity index (χ1v) is 7.63. The molecule has 98 valence electrons. The Morgan fingerprint density at radius 2 is 1.59 bits per heavy atom. The van der Waals surface area contributed by atoms with Gasteiger partial charge in [-0.05, 0) is 62.3 Å². The molecule has 0 spiro atoms. The SMILES string of the molecule is CC1CCN(C(CN)(C2CC2)C2CC2)CC1C. The van der Waals surface area contributed by atoms with Gasteiger partial charge >= 0.3 is 0 Å². The fraction of sp³-hybridized carbons (Fsp3) is 1.00. The van der Waals surface area contributed by atoms with Crippen LogP contribution in [0, 0.1) is 23.7 Å². The van der Waals surface area contributed by atoms with Gasteiger partial charge < -0.3 is 5.73 Å². The largest absolute Gasteiger partial charge is 0.329 e. The summed E-state index contributed by atoms with van der Waals surface area (Å²) in [6.07, 6.45) is 7.13. The highest BCUT2D eigenvalue weighted by molar-refractivity contribution is 5.12. The number of piperidine rings is 1. The second-order valence-corrected chi connectivity index (χ2v) is 6.93. The molecule has 0 radical (unpaired) electrons. The molecule has 1 heterocycles. The van der Waals surface area contributed by atoms with E-state index in [0.29, 0.717) is 5.54 Å². The highest BCUT2D eigenvalue weighted by Crippen LogP contribution is 2.55. The molecule has 0 bridgehead atoms. The molecule has 0 aromatic carbocycles. The van der Waals surface area contributed by atoms with Crippen molar-refractivity contribution in [1.82, 2.24) is 4.90 Å². The zero-order valence-electron chi connectivity index (χ0n) is 11.5. The standard InChI is InChI=1S/C15H28N2/c1-11-7-8-17(9-12(11)2)15(10-16,13-3-4-13)14-5-6-14/h11-14H,3-10,16H2,1-2H3. The van der Waals surface area contributed by atoms with Crippen molar-refractivity contribution in [1.29, 1.82) is 0 Å².